The summed E-state index contributed by atoms with van der Waals surface area (Å²) in [5.41, 5.74) is 2.53. The fraction of sp³-hybridized carbons (Fsp3) is 0.647. The Labute approximate surface area is 123 Å². The predicted molar refractivity (Wildman–Crippen MR) is 84.3 cm³/mol. The number of nitrogens with zero attached hydrogens (tertiary/aromatic N) is 1. The van der Waals surface area contributed by atoms with Crippen molar-refractivity contribution in [1.82, 2.24) is 10.2 Å². The normalized spacial score (nSPS) is 17.9. The number of ether oxygens (including phenoxy) is 1. The standard InChI is InChI=1S/C17H28N2O/c1-14-11-16(7-8-17(14)20-3)13-18-12-15(2)19-9-5-4-6-10-19/h7-8,11,15,18H,4-6,9-10,12-13H2,1-3H3. The molecule has 0 radical (unpaired) electrons. The molecule has 2 rings (SSSR count). The number of rotatable bonds is 6. The van der Waals surface area contributed by atoms with E-state index in [0.29, 0.717) is 6.04 Å². The van der Waals surface area contributed by atoms with Gasteiger partial charge in [-0.15, -0.1) is 0 Å². The zero-order chi connectivity index (χ0) is 14.4. The molecular weight excluding hydrogens is 248 g/mol. The number of hydrogen-bond donors (Lipinski definition) is 1. The van der Waals surface area contributed by atoms with Crippen molar-refractivity contribution < 1.29 is 4.74 Å². The minimum Gasteiger partial charge on any atom is -0.496 e. The fourth-order valence-electron chi connectivity index (χ4n) is 2.96. The summed E-state index contributed by atoms with van der Waals surface area (Å²) >= 11 is 0. The van der Waals surface area contributed by atoms with Gasteiger partial charge in [-0.25, -0.2) is 0 Å². The lowest BCUT2D eigenvalue weighted by Crippen LogP contribution is -2.42. The first kappa shape index (κ1) is 15.3. The molecule has 20 heavy (non-hydrogen) atoms. The second kappa shape index (κ2) is 7.65. The van der Waals surface area contributed by atoms with Gasteiger partial charge < -0.3 is 10.1 Å². The molecule has 1 aromatic rings. The second-order valence-corrected chi connectivity index (χ2v) is 5.88. The van der Waals surface area contributed by atoms with Crippen LogP contribution in [-0.4, -0.2) is 37.7 Å². The van der Waals surface area contributed by atoms with Crippen molar-refractivity contribution in [1.29, 1.82) is 0 Å². The van der Waals surface area contributed by atoms with Gasteiger partial charge in [-0.3, -0.25) is 4.90 Å². The maximum atomic E-state index is 5.29. The molecule has 3 heteroatoms. The van der Waals surface area contributed by atoms with Crippen molar-refractivity contribution in [3.63, 3.8) is 0 Å². The number of nitrogens with one attached hydrogen (secondary N) is 1. The molecule has 0 amide bonds. The number of hydrogen-bond acceptors (Lipinski definition) is 3. The van der Waals surface area contributed by atoms with E-state index in [4.69, 9.17) is 4.74 Å². The molecule has 0 saturated carbocycles. The van der Waals surface area contributed by atoms with Crippen molar-refractivity contribution in [2.45, 2.75) is 45.7 Å². The van der Waals surface area contributed by atoms with Gasteiger partial charge in [0.25, 0.3) is 0 Å². The van der Waals surface area contributed by atoms with Crippen LogP contribution in [0.2, 0.25) is 0 Å². The maximum absolute atomic E-state index is 5.29. The monoisotopic (exact) mass is 276 g/mol. The zero-order valence-corrected chi connectivity index (χ0v) is 13.1. The average molecular weight is 276 g/mol. The highest BCUT2D eigenvalue weighted by molar-refractivity contribution is 5.36. The van der Waals surface area contributed by atoms with Crippen LogP contribution >= 0.6 is 0 Å². The lowest BCUT2D eigenvalue weighted by Gasteiger charge is -2.32. The Morgan fingerprint density at radius 1 is 1.25 bits per heavy atom. The van der Waals surface area contributed by atoms with E-state index in [2.05, 4.69) is 42.3 Å². The molecule has 0 aromatic heterocycles. The van der Waals surface area contributed by atoms with Gasteiger partial charge in [0, 0.05) is 19.1 Å². The van der Waals surface area contributed by atoms with Gasteiger partial charge in [-0.1, -0.05) is 18.6 Å². The molecule has 1 aliphatic rings. The summed E-state index contributed by atoms with van der Waals surface area (Å²) in [7, 11) is 1.72. The van der Waals surface area contributed by atoms with E-state index >= 15 is 0 Å². The summed E-state index contributed by atoms with van der Waals surface area (Å²) < 4.78 is 5.29. The smallest absolute Gasteiger partial charge is 0.121 e. The molecular formula is C17H28N2O. The van der Waals surface area contributed by atoms with Gasteiger partial charge in [0.05, 0.1) is 7.11 Å². The first-order valence-electron chi connectivity index (χ1n) is 7.79. The van der Waals surface area contributed by atoms with Gasteiger partial charge >= 0.3 is 0 Å². The Bertz CT molecular complexity index is 413. The van der Waals surface area contributed by atoms with Crippen LogP contribution < -0.4 is 10.1 Å². The lowest BCUT2D eigenvalue weighted by atomic mass is 10.1. The molecule has 3 nitrogen and oxygen atoms in total. The van der Waals surface area contributed by atoms with Crippen LogP contribution in [0.25, 0.3) is 0 Å². The quantitative estimate of drug-likeness (QED) is 0.864. The highest BCUT2D eigenvalue weighted by Crippen LogP contribution is 2.18. The van der Waals surface area contributed by atoms with Gasteiger partial charge in [0.1, 0.15) is 5.75 Å². The van der Waals surface area contributed by atoms with Gasteiger partial charge in [-0.05, 0) is 57.0 Å². The second-order valence-electron chi connectivity index (χ2n) is 5.88. The van der Waals surface area contributed by atoms with Gasteiger partial charge in [-0.2, -0.15) is 0 Å². The third-order valence-electron chi connectivity index (χ3n) is 4.24. The van der Waals surface area contributed by atoms with E-state index in [0.717, 1.165) is 18.8 Å². The van der Waals surface area contributed by atoms with Crippen molar-refractivity contribution in [2.75, 3.05) is 26.7 Å². The molecule has 112 valence electrons. The Kier molecular flexibility index (Phi) is 5.86. The molecule has 0 bridgehead atoms. The summed E-state index contributed by atoms with van der Waals surface area (Å²) in [4.78, 5) is 2.61. The molecule has 1 aromatic carbocycles. The Hall–Kier alpha value is -1.06. The van der Waals surface area contributed by atoms with Crippen LogP contribution in [0, 0.1) is 6.92 Å². The fourth-order valence-corrected chi connectivity index (χ4v) is 2.96. The van der Waals surface area contributed by atoms with Gasteiger partial charge in [0.15, 0.2) is 0 Å². The van der Waals surface area contributed by atoms with Crippen molar-refractivity contribution in [2.24, 2.45) is 0 Å². The third kappa shape index (κ3) is 4.22. The van der Waals surface area contributed by atoms with E-state index in [1.54, 1.807) is 7.11 Å². The number of methoxy groups -OCH3 is 1. The molecule has 1 unspecified atom stereocenters. The maximum Gasteiger partial charge on any atom is 0.121 e. The molecule has 0 aliphatic carbocycles. The number of aryl methyl sites for hydroxylation is 1. The summed E-state index contributed by atoms with van der Waals surface area (Å²) in [6, 6.07) is 7.04. The topological polar surface area (TPSA) is 24.5 Å². The predicted octanol–water partition coefficient (Wildman–Crippen LogP) is 2.97. The summed E-state index contributed by atoms with van der Waals surface area (Å²) in [5, 5.41) is 3.58. The summed E-state index contributed by atoms with van der Waals surface area (Å²) in [5.74, 6) is 0.968. The van der Waals surface area contributed by atoms with Crippen molar-refractivity contribution >= 4 is 0 Å². The number of benzene rings is 1. The minimum atomic E-state index is 0.634. The van der Waals surface area contributed by atoms with Crippen molar-refractivity contribution in [3.8, 4) is 5.75 Å². The highest BCUT2D eigenvalue weighted by Gasteiger charge is 2.15. The van der Waals surface area contributed by atoms with Crippen LogP contribution in [0.15, 0.2) is 18.2 Å². The number of piperidine rings is 1. The third-order valence-corrected chi connectivity index (χ3v) is 4.24. The highest BCUT2D eigenvalue weighted by atomic mass is 16.5. The van der Waals surface area contributed by atoms with Crippen LogP contribution in [0.5, 0.6) is 5.75 Å². The van der Waals surface area contributed by atoms with Gasteiger partial charge in [0.2, 0.25) is 0 Å². The molecule has 1 N–H and O–H groups in total. The van der Waals surface area contributed by atoms with Crippen LogP contribution in [0.3, 0.4) is 0 Å². The summed E-state index contributed by atoms with van der Waals surface area (Å²) in [6.07, 6.45) is 4.13. The summed E-state index contributed by atoms with van der Waals surface area (Å²) in [6.45, 7) is 8.96. The van der Waals surface area contributed by atoms with Crippen molar-refractivity contribution in [3.05, 3.63) is 29.3 Å². The minimum absolute atomic E-state index is 0.634. The molecule has 1 saturated heterocycles. The zero-order valence-electron chi connectivity index (χ0n) is 13.1. The largest absolute Gasteiger partial charge is 0.496 e. The van der Waals surface area contributed by atoms with E-state index in [1.165, 1.54) is 43.5 Å². The average Bonchev–Trinajstić information content (AvgIpc) is 2.48. The molecule has 1 atom stereocenters. The van der Waals surface area contributed by atoms with Crippen LogP contribution in [-0.2, 0) is 6.54 Å². The Balaban J connectivity index is 1.76. The molecule has 0 spiro atoms. The van der Waals surface area contributed by atoms with E-state index in [-0.39, 0.29) is 0 Å². The first-order chi connectivity index (χ1) is 9.70. The Morgan fingerprint density at radius 2 is 2.00 bits per heavy atom. The van der Waals surface area contributed by atoms with E-state index < -0.39 is 0 Å². The van der Waals surface area contributed by atoms with Crippen LogP contribution in [0.4, 0.5) is 0 Å². The molecule has 1 aliphatic heterocycles. The van der Waals surface area contributed by atoms with Crippen LogP contribution in [0.1, 0.15) is 37.3 Å². The number of likely N-dealkylation sites (tertiary alicyclic amines) is 1. The lowest BCUT2D eigenvalue weighted by molar-refractivity contribution is 0.170. The molecule has 1 heterocycles. The first-order valence-corrected chi connectivity index (χ1v) is 7.79. The molecule has 1 fully saturated rings. The van der Waals surface area contributed by atoms with E-state index in [1.807, 2.05) is 0 Å². The van der Waals surface area contributed by atoms with E-state index in [9.17, 15) is 0 Å². The Morgan fingerprint density at radius 3 is 2.65 bits per heavy atom. The SMILES string of the molecule is COc1ccc(CNCC(C)N2CCCCC2)cc1C.